The second-order valence-corrected chi connectivity index (χ2v) is 6.87. The van der Waals surface area contributed by atoms with E-state index in [2.05, 4.69) is 26.2 Å². The molecule has 0 spiro atoms. The van der Waals surface area contributed by atoms with E-state index in [1.165, 1.54) is 11.6 Å². The van der Waals surface area contributed by atoms with Crippen LogP contribution in [0.2, 0.25) is 0 Å². The highest BCUT2D eigenvalue weighted by Crippen LogP contribution is 2.33. The summed E-state index contributed by atoms with van der Waals surface area (Å²) in [4.78, 5) is 11.5. The van der Waals surface area contributed by atoms with Crippen molar-refractivity contribution in [2.24, 2.45) is 7.05 Å². The van der Waals surface area contributed by atoms with Gasteiger partial charge in [-0.25, -0.2) is 4.39 Å². The number of rotatable bonds is 4. The summed E-state index contributed by atoms with van der Waals surface area (Å²) in [6, 6.07) is 6.79. The Morgan fingerprint density at radius 2 is 2.04 bits per heavy atom. The summed E-state index contributed by atoms with van der Waals surface area (Å²) in [5.41, 5.74) is 3.30. The summed E-state index contributed by atoms with van der Waals surface area (Å²) in [5, 5.41) is 4.25. The second-order valence-electron chi connectivity index (χ2n) is 6.87. The first-order valence-electron chi connectivity index (χ1n) is 8.96. The molecule has 6 heteroatoms. The monoisotopic (exact) mass is 351 g/mol. The molecule has 1 saturated heterocycles. The number of nitrogens with zero attached hydrogens (tertiary/aromatic N) is 5. The molecule has 0 bridgehead atoms. The van der Waals surface area contributed by atoms with Crippen molar-refractivity contribution >= 4 is 0 Å². The minimum absolute atomic E-state index is 0.253. The largest absolute Gasteiger partial charge is 0.298 e. The van der Waals surface area contributed by atoms with E-state index in [0.717, 1.165) is 38.2 Å². The second kappa shape index (κ2) is 7.33. The lowest BCUT2D eigenvalue weighted by Gasteiger charge is -2.32. The summed E-state index contributed by atoms with van der Waals surface area (Å²) in [5.74, 6) is 0.000929. The maximum absolute atomic E-state index is 14.3. The minimum atomic E-state index is -0.253. The van der Waals surface area contributed by atoms with E-state index < -0.39 is 0 Å². The normalized spacial score (nSPS) is 18.2. The fourth-order valence-electron chi connectivity index (χ4n) is 3.74. The standard InChI is InChI=1S/C20H22FN5/c1-25-12-15(11-24-25)13-26-10-4-5-16(14-26)19-20(23-9-8-22-19)17-6-2-3-7-18(17)21/h2-3,6-9,11-12,16H,4-5,10,13-14H2,1H3/t16-/m0/s1. The Morgan fingerprint density at radius 1 is 1.19 bits per heavy atom. The van der Waals surface area contributed by atoms with Crippen LogP contribution < -0.4 is 0 Å². The topological polar surface area (TPSA) is 46.8 Å². The van der Waals surface area contributed by atoms with Gasteiger partial charge >= 0.3 is 0 Å². The van der Waals surface area contributed by atoms with Gasteiger partial charge in [-0.2, -0.15) is 5.10 Å². The molecular formula is C20H22FN5. The van der Waals surface area contributed by atoms with Gasteiger partial charge in [0, 0.05) is 55.8 Å². The Kier molecular flexibility index (Phi) is 4.75. The molecule has 4 rings (SSSR count). The van der Waals surface area contributed by atoms with E-state index in [1.54, 1.807) is 24.5 Å². The van der Waals surface area contributed by atoms with Crippen LogP contribution in [0.15, 0.2) is 49.1 Å². The van der Waals surface area contributed by atoms with E-state index >= 15 is 0 Å². The predicted octanol–water partition coefficient (Wildman–Crippen LogP) is 3.40. The van der Waals surface area contributed by atoms with Gasteiger partial charge in [-0.05, 0) is 31.5 Å². The van der Waals surface area contributed by atoms with E-state index in [0.29, 0.717) is 11.3 Å². The first-order chi connectivity index (χ1) is 12.7. The quantitative estimate of drug-likeness (QED) is 0.723. The zero-order valence-corrected chi connectivity index (χ0v) is 14.8. The summed E-state index contributed by atoms with van der Waals surface area (Å²) in [6.45, 7) is 2.83. The average molecular weight is 351 g/mol. The molecule has 0 amide bonds. The molecular weight excluding hydrogens is 329 g/mol. The molecule has 2 aromatic heterocycles. The van der Waals surface area contributed by atoms with Gasteiger partial charge in [0.25, 0.3) is 0 Å². The van der Waals surface area contributed by atoms with Crippen molar-refractivity contribution in [3.8, 4) is 11.3 Å². The summed E-state index contributed by atoms with van der Waals surface area (Å²) in [7, 11) is 1.93. The highest BCUT2D eigenvalue weighted by Gasteiger charge is 2.26. The number of piperidine rings is 1. The highest BCUT2D eigenvalue weighted by atomic mass is 19.1. The van der Waals surface area contributed by atoms with Crippen LogP contribution in [0.1, 0.15) is 30.0 Å². The zero-order chi connectivity index (χ0) is 17.9. The van der Waals surface area contributed by atoms with Gasteiger partial charge in [0.15, 0.2) is 0 Å². The van der Waals surface area contributed by atoms with Crippen LogP contribution in [0.25, 0.3) is 11.3 Å². The SMILES string of the molecule is Cn1cc(CN2CCC[C@H](c3nccnc3-c3ccccc3F)C2)cn1. The molecule has 0 radical (unpaired) electrons. The van der Waals surface area contributed by atoms with Gasteiger partial charge in [0.1, 0.15) is 5.82 Å². The van der Waals surface area contributed by atoms with Crippen molar-refractivity contribution in [1.82, 2.24) is 24.6 Å². The first-order valence-corrected chi connectivity index (χ1v) is 8.96. The lowest BCUT2D eigenvalue weighted by Crippen LogP contribution is -2.34. The first kappa shape index (κ1) is 16.8. The summed E-state index contributed by atoms with van der Waals surface area (Å²) >= 11 is 0. The number of likely N-dealkylation sites (tertiary alicyclic amines) is 1. The van der Waals surface area contributed by atoms with E-state index in [4.69, 9.17) is 0 Å². The number of halogens is 1. The Bertz CT molecular complexity index is 891. The fourth-order valence-corrected chi connectivity index (χ4v) is 3.74. The van der Waals surface area contributed by atoms with Crippen LogP contribution in [0.5, 0.6) is 0 Å². The molecule has 3 aromatic rings. The molecule has 134 valence electrons. The van der Waals surface area contributed by atoms with Crippen molar-refractivity contribution in [2.45, 2.75) is 25.3 Å². The average Bonchev–Trinajstić information content (AvgIpc) is 3.07. The van der Waals surface area contributed by atoms with Crippen molar-refractivity contribution in [1.29, 1.82) is 0 Å². The van der Waals surface area contributed by atoms with E-state index in [-0.39, 0.29) is 11.7 Å². The van der Waals surface area contributed by atoms with Gasteiger partial charge < -0.3 is 0 Å². The van der Waals surface area contributed by atoms with Gasteiger partial charge in [-0.1, -0.05) is 12.1 Å². The van der Waals surface area contributed by atoms with Gasteiger partial charge in [-0.15, -0.1) is 0 Å². The van der Waals surface area contributed by atoms with Gasteiger partial charge in [0.05, 0.1) is 17.6 Å². The molecule has 3 heterocycles. The van der Waals surface area contributed by atoms with Crippen molar-refractivity contribution in [3.05, 3.63) is 66.1 Å². The van der Waals surface area contributed by atoms with Gasteiger partial charge in [-0.3, -0.25) is 19.5 Å². The molecule has 1 atom stereocenters. The lowest BCUT2D eigenvalue weighted by atomic mass is 9.91. The Morgan fingerprint density at radius 3 is 2.85 bits per heavy atom. The molecule has 0 aliphatic carbocycles. The minimum Gasteiger partial charge on any atom is -0.298 e. The van der Waals surface area contributed by atoms with E-state index in [9.17, 15) is 4.39 Å². The maximum Gasteiger partial charge on any atom is 0.132 e. The highest BCUT2D eigenvalue weighted by molar-refractivity contribution is 5.62. The van der Waals surface area contributed by atoms with Crippen LogP contribution in [-0.2, 0) is 13.6 Å². The van der Waals surface area contributed by atoms with Crippen molar-refractivity contribution in [3.63, 3.8) is 0 Å². The molecule has 1 aliphatic rings. The summed E-state index contributed by atoms with van der Waals surface area (Å²) < 4.78 is 16.1. The third-order valence-corrected chi connectivity index (χ3v) is 4.91. The molecule has 0 saturated carbocycles. The van der Waals surface area contributed by atoms with Gasteiger partial charge in [0.2, 0.25) is 0 Å². The van der Waals surface area contributed by atoms with E-state index in [1.807, 2.05) is 24.0 Å². The molecule has 1 aliphatic heterocycles. The maximum atomic E-state index is 14.3. The smallest absolute Gasteiger partial charge is 0.132 e. The molecule has 26 heavy (non-hydrogen) atoms. The van der Waals surface area contributed by atoms with Crippen LogP contribution in [0.4, 0.5) is 4.39 Å². The lowest BCUT2D eigenvalue weighted by molar-refractivity contribution is 0.198. The third-order valence-electron chi connectivity index (χ3n) is 4.91. The van der Waals surface area contributed by atoms with Crippen molar-refractivity contribution < 1.29 is 4.39 Å². The zero-order valence-electron chi connectivity index (χ0n) is 14.8. The van der Waals surface area contributed by atoms with Crippen LogP contribution in [-0.4, -0.2) is 37.7 Å². The Labute approximate surface area is 152 Å². The van der Waals surface area contributed by atoms with Crippen molar-refractivity contribution in [2.75, 3.05) is 13.1 Å². The number of hydrogen-bond donors (Lipinski definition) is 0. The molecule has 1 aromatic carbocycles. The molecule has 0 N–H and O–H groups in total. The number of aromatic nitrogens is 4. The number of aryl methyl sites for hydroxylation is 1. The molecule has 0 unspecified atom stereocenters. The molecule has 1 fully saturated rings. The summed E-state index contributed by atoms with van der Waals surface area (Å²) in [6.07, 6.45) is 9.45. The third kappa shape index (κ3) is 3.51. The Hall–Kier alpha value is -2.60. The molecule has 5 nitrogen and oxygen atoms in total. The van der Waals surface area contributed by atoms with Crippen LogP contribution in [0.3, 0.4) is 0 Å². The number of hydrogen-bond acceptors (Lipinski definition) is 4. The number of benzene rings is 1. The Balaban J connectivity index is 1.58. The predicted molar refractivity (Wildman–Crippen MR) is 97.9 cm³/mol. The van der Waals surface area contributed by atoms with Crippen LogP contribution in [0, 0.1) is 5.82 Å². The fraction of sp³-hybridized carbons (Fsp3) is 0.350. The van der Waals surface area contributed by atoms with Crippen LogP contribution >= 0.6 is 0 Å².